The van der Waals surface area contributed by atoms with Gasteiger partial charge in [-0.15, -0.1) is 0 Å². The number of fused-ring (bicyclic) bond motifs is 2. The van der Waals surface area contributed by atoms with Gasteiger partial charge in [-0.05, 0) is 50.3 Å². The number of piperidine rings is 1. The molecule has 1 saturated heterocycles. The Hall–Kier alpha value is -3.42. The number of nitrogens with one attached hydrogen (secondary N) is 1. The molecule has 0 aliphatic carbocycles. The highest BCUT2D eigenvalue weighted by atomic mass is 16.2. The summed E-state index contributed by atoms with van der Waals surface area (Å²) >= 11 is 0. The van der Waals surface area contributed by atoms with Gasteiger partial charge in [0.2, 0.25) is 5.91 Å². The lowest BCUT2D eigenvalue weighted by Crippen LogP contribution is -2.37. The number of aromatic nitrogens is 5. The summed E-state index contributed by atoms with van der Waals surface area (Å²) in [5.74, 6) is 1.20. The molecule has 8 nitrogen and oxygen atoms in total. The molecule has 1 amide bonds. The van der Waals surface area contributed by atoms with E-state index in [2.05, 4.69) is 46.1 Å². The Kier molecular flexibility index (Phi) is 4.84. The number of nitrogens with two attached hydrogens (primary N) is 1. The quantitative estimate of drug-likeness (QED) is 0.528. The van der Waals surface area contributed by atoms with E-state index in [1.165, 1.54) is 6.33 Å². The second kappa shape index (κ2) is 7.68. The lowest BCUT2D eigenvalue weighted by Gasteiger charge is -2.31. The summed E-state index contributed by atoms with van der Waals surface area (Å²) < 4.78 is 1.96. The highest BCUT2D eigenvalue weighted by Crippen LogP contribution is 2.32. The van der Waals surface area contributed by atoms with Crippen LogP contribution >= 0.6 is 0 Å². The number of aromatic amines is 1. The largest absolute Gasteiger partial charge is 0.383 e. The lowest BCUT2D eigenvalue weighted by atomic mass is 9.93. The normalized spacial score (nSPS) is 15.2. The zero-order chi connectivity index (χ0) is 21.5. The van der Waals surface area contributed by atoms with Gasteiger partial charge in [-0.3, -0.25) is 4.79 Å². The standard InChI is InChI=1S/C23H27N7O/c1-14-11-18-12-17(3-4-19(18)27-14)21-20-22(24)25-13-26-23(20)30(28-21)10-7-16-5-8-29(9-6-16)15(2)31/h3-4,11-13,16,27H,5-10H2,1-2H3,(H2,24,25,26). The van der Waals surface area contributed by atoms with Gasteiger partial charge in [0.1, 0.15) is 17.8 Å². The van der Waals surface area contributed by atoms with Crippen molar-refractivity contribution in [2.75, 3.05) is 18.8 Å². The van der Waals surface area contributed by atoms with Crippen LogP contribution in [0.1, 0.15) is 31.9 Å². The molecule has 160 valence electrons. The van der Waals surface area contributed by atoms with E-state index >= 15 is 0 Å². The Morgan fingerprint density at radius 2 is 2.03 bits per heavy atom. The van der Waals surface area contributed by atoms with Crippen LogP contribution in [0.25, 0.3) is 33.2 Å². The average Bonchev–Trinajstić information content (AvgIpc) is 3.32. The number of anilines is 1. The van der Waals surface area contributed by atoms with Crippen molar-refractivity contribution in [2.24, 2.45) is 5.92 Å². The van der Waals surface area contributed by atoms with Crippen molar-refractivity contribution in [1.29, 1.82) is 0 Å². The third-order valence-corrected chi connectivity index (χ3v) is 6.40. The van der Waals surface area contributed by atoms with Gasteiger partial charge in [0.25, 0.3) is 0 Å². The summed E-state index contributed by atoms with van der Waals surface area (Å²) in [6, 6.07) is 8.40. The summed E-state index contributed by atoms with van der Waals surface area (Å²) in [6.45, 7) is 6.15. The van der Waals surface area contributed by atoms with Crippen LogP contribution in [0.15, 0.2) is 30.6 Å². The lowest BCUT2D eigenvalue weighted by molar-refractivity contribution is -0.130. The molecule has 1 aromatic carbocycles. The number of likely N-dealkylation sites (tertiary alicyclic amines) is 1. The first kappa shape index (κ1) is 19.5. The second-order valence-electron chi connectivity index (χ2n) is 8.52. The highest BCUT2D eigenvalue weighted by Gasteiger charge is 2.22. The van der Waals surface area contributed by atoms with Gasteiger partial charge in [0.15, 0.2) is 5.65 Å². The summed E-state index contributed by atoms with van der Waals surface area (Å²) in [5, 5.41) is 6.87. The Morgan fingerprint density at radius 3 is 2.81 bits per heavy atom. The Labute approximate surface area is 180 Å². The number of aryl methyl sites for hydroxylation is 2. The third-order valence-electron chi connectivity index (χ3n) is 6.40. The predicted octanol–water partition coefficient (Wildman–Crippen LogP) is 3.51. The van der Waals surface area contributed by atoms with Crippen molar-refractivity contribution in [3.05, 3.63) is 36.3 Å². The van der Waals surface area contributed by atoms with Crippen molar-refractivity contribution >= 4 is 33.7 Å². The Morgan fingerprint density at radius 1 is 1.23 bits per heavy atom. The number of rotatable bonds is 4. The van der Waals surface area contributed by atoms with E-state index in [1.54, 1.807) is 6.92 Å². The van der Waals surface area contributed by atoms with Gasteiger partial charge >= 0.3 is 0 Å². The molecule has 1 aliphatic heterocycles. The van der Waals surface area contributed by atoms with Crippen LogP contribution in [-0.2, 0) is 11.3 Å². The number of amides is 1. The molecule has 0 bridgehead atoms. The van der Waals surface area contributed by atoms with E-state index in [1.807, 2.05) is 9.58 Å². The molecule has 3 aromatic heterocycles. The number of nitrogen functional groups attached to an aromatic ring is 1. The molecule has 1 fully saturated rings. The molecule has 31 heavy (non-hydrogen) atoms. The van der Waals surface area contributed by atoms with Crippen LogP contribution in [0.4, 0.5) is 5.82 Å². The third kappa shape index (κ3) is 3.62. The molecule has 0 unspecified atom stereocenters. The van der Waals surface area contributed by atoms with Gasteiger partial charge in [-0.25, -0.2) is 14.6 Å². The summed E-state index contributed by atoms with van der Waals surface area (Å²) in [7, 11) is 0. The van der Waals surface area contributed by atoms with Crippen molar-refractivity contribution in [1.82, 2.24) is 29.6 Å². The molecular weight excluding hydrogens is 390 g/mol. The molecule has 0 atom stereocenters. The molecule has 8 heteroatoms. The van der Waals surface area contributed by atoms with Gasteiger partial charge in [-0.2, -0.15) is 5.10 Å². The number of carbonyl (C=O) groups is 1. The molecule has 0 radical (unpaired) electrons. The number of carbonyl (C=O) groups excluding carboxylic acids is 1. The minimum atomic E-state index is 0.169. The molecular formula is C23H27N7O. The first-order valence-corrected chi connectivity index (χ1v) is 10.8. The van der Waals surface area contributed by atoms with E-state index in [0.717, 1.165) is 77.8 Å². The monoisotopic (exact) mass is 417 g/mol. The second-order valence-corrected chi connectivity index (χ2v) is 8.52. The molecule has 1 aliphatic rings. The van der Waals surface area contributed by atoms with E-state index in [9.17, 15) is 4.79 Å². The molecule has 4 heterocycles. The minimum absolute atomic E-state index is 0.169. The number of hydrogen-bond donors (Lipinski definition) is 2. The van der Waals surface area contributed by atoms with Crippen LogP contribution in [0.3, 0.4) is 0 Å². The van der Waals surface area contributed by atoms with Crippen molar-refractivity contribution in [2.45, 2.75) is 39.7 Å². The predicted molar refractivity (Wildman–Crippen MR) is 121 cm³/mol. The van der Waals surface area contributed by atoms with Gasteiger partial charge < -0.3 is 15.6 Å². The topological polar surface area (TPSA) is 106 Å². The van der Waals surface area contributed by atoms with Gasteiger partial charge in [0.05, 0.1) is 5.39 Å². The van der Waals surface area contributed by atoms with Crippen LogP contribution < -0.4 is 5.73 Å². The summed E-state index contributed by atoms with van der Waals surface area (Å²) in [6.07, 6.45) is 4.57. The number of nitrogens with zero attached hydrogens (tertiary/aromatic N) is 5. The molecule has 5 rings (SSSR count). The number of hydrogen-bond acceptors (Lipinski definition) is 5. The number of H-pyrrole nitrogens is 1. The summed E-state index contributed by atoms with van der Waals surface area (Å²) in [4.78, 5) is 25.6. The fraction of sp³-hybridized carbons (Fsp3) is 0.391. The molecule has 3 N–H and O–H groups in total. The van der Waals surface area contributed by atoms with Crippen LogP contribution in [-0.4, -0.2) is 48.6 Å². The SMILES string of the molecule is CC(=O)N1CCC(CCn2nc(-c3ccc4[nH]c(C)cc4c3)c3c(N)ncnc32)CC1. The summed E-state index contributed by atoms with van der Waals surface area (Å²) in [5.41, 5.74) is 11.1. The van der Waals surface area contributed by atoms with Crippen molar-refractivity contribution < 1.29 is 4.79 Å². The van der Waals surface area contributed by atoms with Crippen LogP contribution in [0, 0.1) is 12.8 Å². The Balaban J connectivity index is 1.44. The van der Waals surface area contributed by atoms with Crippen LogP contribution in [0.5, 0.6) is 0 Å². The Bertz CT molecular complexity index is 1260. The zero-order valence-corrected chi connectivity index (χ0v) is 17.9. The van der Waals surface area contributed by atoms with E-state index in [0.29, 0.717) is 11.7 Å². The maximum Gasteiger partial charge on any atom is 0.219 e. The van der Waals surface area contributed by atoms with Crippen molar-refractivity contribution in [3.63, 3.8) is 0 Å². The fourth-order valence-electron chi connectivity index (χ4n) is 4.65. The maximum atomic E-state index is 11.6. The van der Waals surface area contributed by atoms with Gasteiger partial charge in [0, 0.05) is 48.7 Å². The maximum absolute atomic E-state index is 11.6. The first-order valence-electron chi connectivity index (χ1n) is 10.8. The minimum Gasteiger partial charge on any atom is -0.383 e. The molecule has 4 aromatic rings. The highest BCUT2D eigenvalue weighted by molar-refractivity contribution is 5.99. The van der Waals surface area contributed by atoms with E-state index in [4.69, 9.17) is 10.8 Å². The zero-order valence-electron chi connectivity index (χ0n) is 17.9. The van der Waals surface area contributed by atoms with E-state index < -0.39 is 0 Å². The number of benzene rings is 1. The average molecular weight is 418 g/mol. The van der Waals surface area contributed by atoms with Crippen LogP contribution in [0.2, 0.25) is 0 Å². The van der Waals surface area contributed by atoms with Gasteiger partial charge in [-0.1, -0.05) is 6.07 Å². The first-order chi connectivity index (χ1) is 15.0. The molecule has 0 saturated carbocycles. The van der Waals surface area contributed by atoms with Crippen molar-refractivity contribution in [3.8, 4) is 11.3 Å². The smallest absolute Gasteiger partial charge is 0.219 e. The molecule has 0 spiro atoms. The van der Waals surface area contributed by atoms with E-state index in [-0.39, 0.29) is 5.91 Å². The fourth-order valence-corrected chi connectivity index (χ4v) is 4.65.